The van der Waals surface area contributed by atoms with E-state index < -0.39 is 11.5 Å². The predicted octanol–water partition coefficient (Wildman–Crippen LogP) is 3.51. The zero-order valence-electron chi connectivity index (χ0n) is 16.9. The molecule has 0 spiro atoms. The second kappa shape index (κ2) is 8.27. The van der Waals surface area contributed by atoms with E-state index in [9.17, 15) is 14.4 Å². The molecule has 0 unspecified atom stereocenters. The molecule has 4 rings (SSSR count). The summed E-state index contributed by atoms with van der Waals surface area (Å²) in [5.41, 5.74) is 2.60. The molecule has 2 aromatic heterocycles. The molecular formula is C23H19N3O5. The van der Waals surface area contributed by atoms with Crippen molar-refractivity contribution in [1.82, 2.24) is 9.56 Å². The van der Waals surface area contributed by atoms with Crippen LogP contribution < -0.4 is 10.9 Å². The molecule has 1 amide bonds. The number of amides is 1. The summed E-state index contributed by atoms with van der Waals surface area (Å²) in [5.74, 6) is -0.244. The number of esters is 1. The number of anilines is 1. The van der Waals surface area contributed by atoms with Crippen LogP contribution in [0.4, 0.5) is 5.69 Å². The van der Waals surface area contributed by atoms with Crippen LogP contribution >= 0.6 is 0 Å². The largest absolute Gasteiger partial charge is 0.456 e. The average Bonchev–Trinajstić information content (AvgIpc) is 3.13. The van der Waals surface area contributed by atoms with Gasteiger partial charge in [-0.2, -0.15) is 0 Å². The number of aryl methyl sites for hydroxylation is 2. The SMILES string of the molecule is Cc1cc2nc(COC(=O)c3ccc(NC(=O)c4ccccc4C)cc3)cc(=O)n2o1. The van der Waals surface area contributed by atoms with Crippen LogP contribution in [0.25, 0.3) is 5.65 Å². The zero-order valence-corrected chi connectivity index (χ0v) is 16.9. The normalized spacial score (nSPS) is 10.8. The first-order valence-electron chi connectivity index (χ1n) is 9.54. The van der Waals surface area contributed by atoms with Crippen LogP contribution in [-0.2, 0) is 11.3 Å². The monoisotopic (exact) mass is 417 g/mol. The third-order valence-corrected chi connectivity index (χ3v) is 4.64. The molecule has 0 aliphatic heterocycles. The molecule has 8 nitrogen and oxygen atoms in total. The standard InChI is InChI=1S/C23H19N3O5/c1-14-5-3-4-6-19(14)22(28)25-17-9-7-16(8-10-17)23(29)30-13-18-12-21(27)26-20(24-18)11-15(2)31-26/h3-12H,13H2,1-2H3,(H,25,28). The summed E-state index contributed by atoms with van der Waals surface area (Å²) in [6.45, 7) is 3.42. The Morgan fingerprint density at radius 3 is 2.55 bits per heavy atom. The molecule has 31 heavy (non-hydrogen) atoms. The van der Waals surface area contributed by atoms with Gasteiger partial charge in [0.2, 0.25) is 0 Å². The second-order valence-electron chi connectivity index (χ2n) is 7.01. The molecule has 0 saturated heterocycles. The summed E-state index contributed by atoms with van der Waals surface area (Å²) in [7, 11) is 0. The van der Waals surface area contributed by atoms with Gasteiger partial charge in [0.1, 0.15) is 12.4 Å². The number of fused-ring (bicyclic) bond motifs is 1. The van der Waals surface area contributed by atoms with Gasteiger partial charge in [0.15, 0.2) is 5.65 Å². The Hall–Kier alpha value is -4.20. The van der Waals surface area contributed by atoms with Crippen LogP contribution in [0.2, 0.25) is 0 Å². The number of nitrogens with zero attached hydrogens (tertiary/aromatic N) is 2. The first-order valence-corrected chi connectivity index (χ1v) is 9.54. The fraction of sp³-hybridized carbons (Fsp3) is 0.130. The fourth-order valence-corrected chi connectivity index (χ4v) is 3.09. The maximum atomic E-state index is 12.4. The first kappa shape index (κ1) is 20.1. The zero-order chi connectivity index (χ0) is 22.0. The molecule has 0 bridgehead atoms. The van der Waals surface area contributed by atoms with Crippen molar-refractivity contribution in [3.63, 3.8) is 0 Å². The Morgan fingerprint density at radius 2 is 1.81 bits per heavy atom. The molecule has 2 aromatic carbocycles. The highest BCUT2D eigenvalue weighted by Crippen LogP contribution is 2.15. The van der Waals surface area contributed by atoms with Gasteiger partial charge < -0.3 is 14.6 Å². The van der Waals surface area contributed by atoms with Gasteiger partial charge in [0.25, 0.3) is 11.5 Å². The summed E-state index contributed by atoms with van der Waals surface area (Å²) in [6, 6.07) is 16.5. The van der Waals surface area contributed by atoms with Crippen LogP contribution in [-0.4, -0.2) is 21.4 Å². The number of carbonyl (C=O) groups is 2. The molecule has 4 aromatic rings. The highest BCUT2D eigenvalue weighted by Gasteiger charge is 2.12. The number of hydrogen-bond donors (Lipinski definition) is 1. The van der Waals surface area contributed by atoms with Gasteiger partial charge in [-0.3, -0.25) is 9.59 Å². The highest BCUT2D eigenvalue weighted by molar-refractivity contribution is 6.05. The molecule has 0 aliphatic carbocycles. The third-order valence-electron chi connectivity index (χ3n) is 4.64. The Kier molecular flexibility index (Phi) is 5.36. The van der Waals surface area contributed by atoms with E-state index in [4.69, 9.17) is 9.26 Å². The van der Waals surface area contributed by atoms with Gasteiger partial charge in [0.05, 0.1) is 11.3 Å². The molecule has 2 heterocycles. The van der Waals surface area contributed by atoms with E-state index in [1.165, 1.54) is 6.07 Å². The molecule has 1 N–H and O–H groups in total. The van der Waals surface area contributed by atoms with E-state index in [1.807, 2.05) is 19.1 Å². The van der Waals surface area contributed by atoms with E-state index in [1.54, 1.807) is 49.4 Å². The van der Waals surface area contributed by atoms with E-state index >= 15 is 0 Å². The topological polar surface area (TPSA) is 103 Å². The van der Waals surface area contributed by atoms with Gasteiger partial charge in [-0.1, -0.05) is 18.2 Å². The first-order chi connectivity index (χ1) is 14.9. The minimum Gasteiger partial charge on any atom is -0.456 e. The van der Waals surface area contributed by atoms with Gasteiger partial charge in [-0.15, -0.1) is 4.57 Å². The van der Waals surface area contributed by atoms with Crippen molar-refractivity contribution in [2.75, 3.05) is 5.32 Å². The van der Waals surface area contributed by atoms with Crippen molar-refractivity contribution in [3.05, 3.63) is 99.2 Å². The predicted molar refractivity (Wildman–Crippen MR) is 113 cm³/mol. The van der Waals surface area contributed by atoms with Crippen molar-refractivity contribution >= 4 is 23.2 Å². The molecule has 0 aliphatic rings. The van der Waals surface area contributed by atoms with Crippen LogP contribution in [0.3, 0.4) is 0 Å². The maximum absolute atomic E-state index is 12.4. The fourth-order valence-electron chi connectivity index (χ4n) is 3.09. The van der Waals surface area contributed by atoms with Gasteiger partial charge in [-0.05, 0) is 49.7 Å². The summed E-state index contributed by atoms with van der Waals surface area (Å²) in [5, 5.41) is 2.80. The minimum absolute atomic E-state index is 0.152. The van der Waals surface area contributed by atoms with Crippen molar-refractivity contribution in [1.29, 1.82) is 0 Å². The number of benzene rings is 2. The van der Waals surface area contributed by atoms with Gasteiger partial charge in [-0.25, -0.2) is 9.78 Å². The molecule has 0 saturated carbocycles. The minimum atomic E-state index is -0.567. The average molecular weight is 417 g/mol. The summed E-state index contributed by atoms with van der Waals surface area (Å²) >= 11 is 0. The highest BCUT2D eigenvalue weighted by atomic mass is 16.5. The number of hydrogen-bond acceptors (Lipinski definition) is 6. The molecular weight excluding hydrogens is 398 g/mol. The van der Waals surface area contributed by atoms with Crippen molar-refractivity contribution < 1.29 is 18.8 Å². The van der Waals surface area contributed by atoms with Crippen LogP contribution in [0.5, 0.6) is 0 Å². The van der Waals surface area contributed by atoms with E-state index in [2.05, 4.69) is 10.3 Å². The number of nitrogens with one attached hydrogen (secondary N) is 1. The van der Waals surface area contributed by atoms with Crippen molar-refractivity contribution in [2.45, 2.75) is 20.5 Å². The smallest absolute Gasteiger partial charge is 0.338 e. The molecule has 8 heteroatoms. The van der Waals surface area contributed by atoms with Crippen LogP contribution in [0, 0.1) is 13.8 Å². The second-order valence-corrected chi connectivity index (χ2v) is 7.01. The van der Waals surface area contributed by atoms with Gasteiger partial charge in [0, 0.05) is 23.4 Å². The molecule has 156 valence electrons. The molecule has 0 radical (unpaired) electrons. The van der Waals surface area contributed by atoms with E-state index in [0.29, 0.717) is 33.9 Å². The van der Waals surface area contributed by atoms with Crippen LogP contribution in [0.1, 0.15) is 37.7 Å². The lowest BCUT2D eigenvalue weighted by Gasteiger charge is -2.08. The number of rotatable bonds is 5. The van der Waals surface area contributed by atoms with Gasteiger partial charge >= 0.3 is 5.97 Å². The Labute approximate surface area is 177 Å². The third kappa shape index (κ3) is 4.37. The van der Waals surface area contributed by atoms with Crippen molar-refractivity contribution in [2.24, 2.45) is 0 Å². The number of ether oxygens (including phenoxy) is 1. The lowest BCUT2D eigenvalue weighted by molar-refractivity contribution is 0.0467. The maximum Gasteiger partial charge on any atom is 0.338 e. The quantitative estimate of drug-likeness (QED) is 0.499. The summed E-state index contributed by atoms with van der Waals surface area (Å²) in [4.78, 5) is 41.0. The lowest BCUT2D eigenvalue weighted by atomic mass is 10.1. The number of carbonyl (C=O) groups excluding carboxylic acids is 2. The summed E-state index contributed by atoms with van der Waals surface area (Å²) in [6.07, 6.45) is 0. The molecule has 0 fully saturated rings. The van der Waals surface area contributed by atoms with Crippen LogP contribution in [0.15, 0.2) is 70.0 Å². The van der Waals surface area contributed by atoms with E-state index in [-0.39, 0.29) is 12.5 Å². The number of aromatic nitrogens is 2. The van der Waals surface area contributed by atoms with E-state index in [0.717, 1.165) is 10.1 Å². The van der Waals surface area contributed by atoms with Crippen molar-refractivity contribution in [3.8, 4) is 0 Å². The Balaban J connectivity index is 1.40. The Morgan fingerprint density at radius 1 is 1.06 bits per heavy atom. The summed E-state index contributed by atoms with van der Waals surface area (Å²) < 4.78 is 11.6. The lowest BCUT2D eigenvalue weighted by Crippen LogP contribution is -2.15. The Bertz CT molecular complexity index is 1340. The molecule has 0 atom stereocenters.